The van der Waals surface area contributed by atoms with Crippen LogP contribution in [0.5, 0.6) is 0 Å². The smallest absolute Gasteiger partial charge is 0.276 e. The Morgan fingerprint density at radius 3 is 2.97 bits per heavy atom. The van der Waals surface area contributed by atoms with E-state index in [1.807, 2.05) is 23.0 Å². The van der Waals surface area contributed by atoms with Gasteiger partial charge in [0.05, 0.1) is 21.9 Å². The van der Waals surface area contributed by atoms with Crippen molar-refractivity contribution in [1.29, 1.82) is 0 Å². The number of thioether (sulfide) groups is 1. The third-order valence-corrected chi connectivity index (χ3v) is 8.22. The Morgan fingerprint density at radius 1 is 1.43 bits per heavy atom. The summed E-state index contributed by atoms with van der Waals surface area (Å²) in [5.41, 5.74) is 8.60. The molecule has 2 amide bonds. The molecule has 12 nitrogen and oxygen atoms in total. The lowest BCUT2D eigenvalue weighted by Crippen LogP contribution is -2.71. The molecule has 3 aromatic heterocycles. The zero-order chi connectivity index (χ0) is 24.7. The van der Waals surface area contributed by atoms with Crippen molar-refractivity contribution in [3.63, 3.8) is 0 Å². The number of carbonyl (C=O) groups is 3. The highest BCUT2D eigenvalue weighted by Crippen LogP contribution is 2.40. The lowest BCUT2D eigenvalue weighted by Gasteiger charge is -2.50. The monoisotopic (exact) mass is 531 g/mol. The van der Waals surface area contributed by atoms with E-state index in [-0.39, 0.29) is 28.8 Å². The van der Waals surface area contributed by atoms with E-state index in [1.165, 1.54) is 35.1 Å². The van der Waals surface area contributed by atoms with E-state index >= 15 is 0 Å². The van der Waals surface area contributed by atoms with E-state index < -0.39 is 29.2 Å². The number of rotatable bonds is 7. The average Bonchev–Trinajstić information content (AvgIpc) is 3.48. The number of carbonyl (C=O) groups excluding carboxylic acids is 3. The van der Waals surface area contributed by atoms with Crippen LogP contribution >= 0.6 is 34.4 Å². The molecule has 1 fully saturated rings. The second-order valence-corrected chi connectivity index (χ2v) is 10.4. The number of nitrogen functional groups attached to an aromatic ring is 1. The summed E-state index contributed by atoms with van der Waals surface area (Å²) in [6, 6.07) is 0.959. The number of amides is 2. The molecular formula is C20H17N7O5S3. The lowest BCUT2D eigenvalue weighted by molar-refractivity contribution is -0.687. The van der Waals surface area contributed by atoms with Gasteiger partial charge in [0, 0.05) is 22.8 Å². The number of pyridine rings is 1. The molecular weight excluding hydrogens is 514 g/mol. The number of aliphatic carboxylic acids is 1. The third kappa shape index (κ3) is 4.21. The first-order chi connectivity index (χ1) is 16.9. The van der Waals surface area contributed by atoms with Crippen molar-refractivity contribution in [2.24, 2.45) is 5.16 Å². The second kappa shape index (κ2) is 9.24. The van der Waals surface area contributed by atoms with Crippen LogP contribution in [0.25, 0.3) is 10.2 Å². The van der Waals surface area contributed by atoms with E-state index in [9.17, 15) is 19.5 Å². The van der Waals surface area contributed by atoms with Gasteiger partial charge in [-0.1, -0.05) is 5.16 Å². The largest absolute Gasteiger partial charge is 0.543 e. The van der Waals surface area contributed by atoms with E-state index in [0.29, 0.717) is 11.3 Å². The standard InChI is InChI=1S/C20H17N7O5S3/c1-32-25-13(11-7-34-20(21)23-11)16(28)24-14-17(29)27-15(19(30)31)9(6-33-18(14)27)4-26-3-2-12-10(5-26)22-8-35-12/h2-3,5,7-8,14,18H,4,6H2,1H3,(H3-,21,23,24,28,30,31)/b25-13-/t14-,18-/m1/s1. The van der Waals surface area contributed by atoms with Gasteiger partial charge in [-0.05, 0) is 0 Å². The molecule has 0 unspecified atom stereocenters. The number of aromatic nitrogens is 3. The first-order valence-electron chi connectivity index (χ1n) is 10.1. The Balaban J connectivity index is 1.36. The molecule has 180 valence electrons. The molecule has 1 saturated heterocycles. The van der Waals surface area contributed by atoms with Crippen molar-refractivity contribution in [3.05, 3.63) is 46.3 Å². The molecule has 0 radical (unpaired) electrons. The van der Waals surface area contributed by atoms with Crippen molar-refractivity contribution >= 4 is 73.3 Å². The second-order valence-electron chi connectivity index (χ2n) is 7.51. The number of hydrogen-bond acceptors (Lipinski definition) is 12. The number of anilines is 1. The summed E-state index contributed by atoms with van der Waals surface area (Å²) in [7, 11) is 1.28. The maximum Gasteiger partial charge on any atom is 0.276 e. The first-order valence-corrected chi connectivity index (χ1v) is 12.9. The number of fused-ring (bicyclic) bond motifs is 2. The summed E-state index contributed by atoms with van der Waals surface area (Å²) in [6.45, 7) is 0.257. The number of nitrogens with one attached hydrogen (secondary N) is 1. The van der Waals surface area contributed by atoms with Crippen molar-refractivity contribution in [1.82, 2.24) is 20.2 Å². The number of nitrogens with two attached hydrogens (primary N) is 1. The summed E-state index contributed by atoms with van der Waals surface area (Å²) in [6.07, 6.45) is 3.66. The van der Waals surface area contributed by atoms with Crippen LogP contribution in [0.15, 0.2) is 45.8 Å². The van der Waals surface area contributed by atoms with Crippen LogP contribution in [0.3, 0.4) is 0 Å². The predicted molar refractivity (Wildman–Crippen MR) is 127 cm³/mol. The van der Waals surface area contributed by atoms with E-state index in [4.69, 9.17) is 10.6 Å². The number of oxime groups is 1. The molecule has 15 heteroatoms. The quantitative estimate of drug-likeness (QED) is 0.170. The number of thiazole rings is 2. The Hall–Kier alpha value is -3.56. The summed E-state index contributed by atoms with van der Waals surface area (Å²) >= 11 is 3.99. The number of β-lactam (4-membered cyclic amide) rings is 1. The van der Waals surface area contributed by atoms with Gasteiger partial charge in [-0.25, -0.2) is 9.97 Å². The van der Waals surface area contributed by atoms with Gasteiger partial charge in [-0.15, -0.1) is 34.4 Å². The molecule has 0 spiro atoms. The number of carboxylic acid groups (broad SMARTS) is 1. The zero-order valence-corrected chi connectivity index (χ0v) is 20.5. The summed E-state index contributed by atoms with van der Waals surface area (Å²) in [5.74, 6) is -2.35. The highest BCUT2D eigenvalue weighted by atomic mass is 32.2. The molecule has 2 aliphatic rings. The minimum Gasteiger partial charge on any atom is -0.543 e. The summed E-state index contributed by atoms with van der Waals surface area (Å²) in [5, 5.41) is 19.5. The molecule has 2 atom stereocenters. The van der Waals surface area contributed by atoms with E-state index in [1.54, 1.807) is 10.9 Å². The lowest BCUT2D eigenvalue weighted by atomic mass is 10.0. The molecule has 0 saturated carbocycles. The highest BCUT2D eigenvalue weighted by molar-refractivity contribution is 8.00. The zero-order valence-electron chi connectivity index (χ0n) is 18.0. The Labute approximate surface area is 210 Å². The molecule has 2 aliphatic heterocycles. The minimum absolute atomic E-state index is 0.141. The van der Waals surface area contributed by atoms with Gasteiger partial charge in [0.25, 0.3) is 11.8 Å². The number of carboxylic acids is 1. The van der Waals surface area contributed by atoms with Gasteiger partial charge < -0.3 is 25.8 Å². The topological polar surface area (TPSA) is 167 Å². The Kier molecular flexibility index (Phi) is 6.12. The van der Waals surface area contributed by atoms with Crippen LogP contribution in [-0.4, -0.2) is 62.6 Å². The average molecular weight is 532 g/mol. The molecule has 0 aromatic carbocycles. The molecule has 5 rings (SSSR count). The van der Waals surface area contributed by atoms with Crippen LogP contribution in [0.2, 0.25) is 0 Å². The van der Waals surface area contributed by atoms with Crippen molar-refractivity contribution < 1.29 is 28.9 Å². The highest BCUT2D eigenvalue weighted by Gasteiger charge is 2.53. The van der Waals surface area contributed by atoms with Crippen LogP contribution < -0.4 is 20.7 Å². The fraction of sp³-hybridized carbons (Fsp3) is 0.250. The molecule has 5 heterocycles. The molecule has 3 N–H and O–H groups in total. The van der Waals surface area contributed by atoms with E-state index in [0.717, 1.165) is 21.6 Å². The SMILES string of the molecule is CO/N=C(\C(=O)N[C@@H]1C(=O)N2C(C(=O)[O-])=C(C[n+]3ccc4scnc4c3)CS[C@H]12)c1csc(N)n1. The first kappa shape index (κ1) is 23.2. The predicted octanol–water partition coefficient (Wildman–Crippen LogP) is -0.923. The maximum absolute atomic E-state index is 13.0. The van der Waals surface area contributed by atoms with Crippen LogP contribution in [0.4, 0.5) is 5.13 Å². The van der Waals surface area contributed by atoms with Gasteiger partial charge in [0.1, 0.15) is 29.7 Å². The van der Waals surface area contributed by atoms with Crippen molar-refractivity contribution in [2.75, 3.05) is 18.6 Å². The van der Waals surface area contributed by atoms with Crippen LogP contribution in [-0.2, 0) is 25.8 Å². The summed E-state index contributed by atoms with van der Waals surface area (Å²) < 4.78 is 2.83. The molecule has 35 heavy (non-hydrogen) atoms. The molecule has 0 aliphatic carbocycles. The van der Waals surface area contributed by atoms with Gasteiger partial charge in [0.15, 0.2) is 29.8 Å². The minimum atomic E-state index is -1.45. The fourth-order valence-corrected chi connectivity index (χ4v) is 6.39. The maximum atomic E-state index is 13.0. The van der Waals surface area contributed by atoms with Crippen LogP contribution in [0, 0.1) is 0 Å². The van der Waals surface area contributed by atoms with Gasteiger partial charge in [-0.2, -0.15) is 4.57 Å². The van der Waals surface area contributed by atoms with Gasteiger partial charge in [0.2, 0.25) is 0 Å². The molecule has 3 aromatic rings. The van der Waals surface area contributed by atoms with Crippen LogP contribution in [0.1, 0.15) is 5.69 Å². The van der Waals surface area contributed by atoms with Gasteiger partial charge >= 0.3 is 0 Å². The Morgan fingerprint density at radius 2 is 2.26 bits per heavy atom. The van der Waals surface area contributed by atoms with E-state index in [2.05, 4.69) is 20.4 Å². The third-order valence-electron chi connectivity index (χ3n) is 5.39. The van der Waals surface area contributed by atoms with Crippen molar-refractivity contribution in [2.45, 2.75) is 18.0 Å². The van der Waals surface area contributed by atoms with Crippen molar-refractivity contribution in [3.8, 4) is 0 Å². The number of nitrogens with zero attached hydrogens (tertiary/aromatic N) is 5. The summed E-state index contributed by atoms with van der Waals surface area (Å²) in [4.78, 5) is 52.1. The molecule has 0 bridgehead atoms. The van der Waals surface area contributed by atoms with Gasteiger partial charge in [-0.3, -0.25) is 14.5 Å². The number of hydrogen-bond donors (Lipinski definition) is 2. The fourth-order valence-electron chi connectivity index (χ4n) is 3.86. The normalized spacial score (nSPS) is 20.0. The Bertz CT molecular complexity index is 1410.